The van der Waals surface area contributed by atoms with E-state index >= 15 is 0 Å². The van der Waals surface area contributed by atoms with E-state index in [1.165, 1.54) is 6.07 Å². The molecule has 1 fully saturated rings. The molecule has 1 heterocycles. The zero-order chi connectivity index (χ0) is 14.4. The topological polar surface area (TPSA) is 64.3 Å². The van der Waals surface area contributed by atoms with Crippen molar-refractivity contribution < 1.29 is 13.9 Å². The van der Waals surface area contributed by atoms with Gasteiger partial charge in [-0.25, -0.2) is 4.39 Å². The van der Waals surface area contributed by atoms with Gasteiger partial charge in [-0.1, -0.05) is 11.8 Å². The molecular formula is C15H17FN2O2. The fourth-order valence-electron chi connectivity index (χ4n) is 2.01. The van der Waals surface area contributed by atoms with Crippen LogP contribution in [0, 0.1) is 23.6 Å². The van der Waals surface area contributed by atoms with E-state index in [4.69, 9.17) is 10.5 Å². The van der Waals surface area contributed by atoms with Crippen LogP contribution >= 0.6 is 0 Å². The maximum absolute atomic E-state index is 13.7. The highest BCUT2D eigenvalue weighted by atomic mass is 19.1. The molecule has 0 radical (unpaired) electrons. The predicted molar refractivity (Wildman–Crippen MR) is 73.1 cm³/mol. The van der Waals surface area contributed by atoms with Gasteiger partial charge in [-0.05, 0) is 24.6 Å². The van der Waals surface area contributed by atoms with Gasteiger partial charge in [0, 0.05) is 24.3 Å². The largest absolute Gasteiger partial charge is 0.381 e. The first-order valence-corrected chi connectivity index (χ1v) is 6.53. The van der Waals surface area contributed by atoms with Crippen molar-refractivity contribution in [2.75, 3.05) is 19.8 Å². The van der Waals surface area contributed by atoms with Gasteiger partial charge in [-0.2, -0.15) is 0 Å². The molecule has 106 valence electrons. The van der Waals surface area contributed by atoms with Crippen molar-refractivity contribution in [3.05, 3.63) is 35.1 Å². The highest BCUT2D eigenvalue weighted by molar-refractivity contribution is 5.79. The van der Waals surface area contributed by atoms with Crippen LogP contribution in [0.25, 0.3) is 0 Å². The third-order valence-corrected chi connectivity index (χ3v) is 3.13. The molecular weight excluding hydrogens is 259 g/mol. The van der Waals surface area contributed by atoms with Crippen molar-refractivity contribution in [3.8, 4) is 11.8 Å². The average Bonchev–Trinajstić information content (AvgIpc) is 2.99. The second-order valence-electron chi connectivity index (χ2n) is 4.59. The summed E-state index contributed by atoms with van der Waals surface area (Å²) in [5, 5.41) is 2.73. The molecule has 2 rings (SSSR count). The van der Waals surface area contributed by atoms with Gasteiger partial charge >= 0.3 is 0 Å². The van der Waals surface area contributed by atoms with E-state index < -0.39 is 0 Å². The van der Waals surface area contributed by atoms with Crippen LogP contribution in [-0.2, 0) is 16.1 Å². The lowest BCUT2D eigenvalue weighted by atomic mass is 10.1. The molecule has 1 aromatic rings. The van der Waals surface area contributed by atoms with Gasteiger partial charge in [0.1, 0.15) is 5.82 Å². The number of amides is 1. The Labute approximate surface area is 117 Å². The van der Waals surface area contributed by atoms with Gasteiger partial charge in [-0.15, -0.1) is 0 Å². The second-order valence-corrected chi connectivity index (χ2v) is 4.59. The first-order chi connectivity index (χ1) is 9.70. The Morgan fingerprint density at radius 3 is 3.10 bits per heavy atom. The number of nitrogens with two attached hydrogens (primary N) is 1. The number of hydrogen-bond donors (Lipinski definition) is 2. The van der Waals surface area contributed by atoms with Gasteiger partial charge in [-0.3, -0.25) is 4.79 Å². The molecule has 20 heavy (non-hydrogen) atoms. The zero-order valence-corrected chi connectivity index (χ0v) is 11.1. The number of hydrogen-bond acceptors (Lipinski definition) is 3. The van der Waals surface area contributed by atoms with Crippen LogP contribution in [0.2, 0.25) is 0 Å². The number of benzene rings is 1. The Balaban J connectivity index is 1.99. The van der Waals surface area contributed by atoms with Crippen LogP contribution < -0.4 is 11.1 Å². The lowest BCUT2D eigenvalue weighted by molar-refractivity contribution is -0.125. The Hall–Kier alpha value is -1.90. The van der Waals surface area contributed by atoms with E-state index in [1.54, 1.807) is 12.1 Å². The van der Waals surface area contributed by atoms with Crippen molar-refractivity contribution in [2.24, 2.45) is 11.7 Å². The van der Waals surface area contributed by atoms with Crippen molar-refractivity contribution >= 4 is 5.91 Å². The first-order valence-electron chi connectivity index (χ1n) is 6.53. The third kappa shape index (κ3) is 3.80. The number of rotatable bonds is 3. The molecule has 5 heteroatoms. The first kappa shape index (κ1) is 14.5. The van der Waals surface area contributed by atoms with E-state index in [2.05, 4.69) is 17.2 Å². The average molecular weight is 276 g/mol. The van der Waals surface area contributed by atoms with E-state index in [0.29, 0.717) is 24.3 Å². The van der Waals surface area contributed by atoms with Crippen molar-refractivity contribution in [3.63, 3.8) is 0 Å². The fourth-order valence-corrected chi connectivity index (χ4v) is 2.01. The van der Waals surface area contributed by atoms with Crippen LogP contribution in [0.3, 0.4) is 0 Å². The van der Waals surface area contributed by atoms with Crippen LogP contribution in [0.1, 0.15) is 17.5 Å². The summed E-state index contributed by atoms with van der Waals surface area (Å²) in [6.07, 6.45) is 0.719. The fraction of sp³-hybridized carbons (Fsp3) is 0.400. The molecule has 3 N–H and O–H groups in total. The Morgan fingerprint density at radius 2 is 2.40 bits per heavy atom. The van der Waals surface area contributed by atoms with E-state index in [1.807, 2.05) is 0 Å². The normalized spacial score (nSPS) is 17.4. The summed E-state index contributed by atoms with van der Waals surface area (Å²) in [7, 11) is 0. The standard InChI is InChI=1S/C15H17FN2O2/c16-14-4-3-11(2-1-6-17)8-13(14)9-18-15(19)12-5-7-20-10-12/h3-4,8,12H,5-7,9-10,17H2,(H,18,19). The Bertz CT molecular complexity index is 543. The van der Waals surface area contributed by atoms with Crippen LogP contribution in [0.5, 0.6) is 0 Å². The number of ether oxygens (including phenoxy) is 1. The van der Waals surface area contributed by atoms with Crippen molar-refractivity contribution in [2.45, 2.75) is 13.0 Å². The van der Waals surface area contributed by atoms with Crippen LogP contribution in [0.4, 0.5) is 4.39 Å². The molecule has 1 aliphatic heterocycles. The number of nitrogens with one attached hydrogen (secondary N) is 1. The SMILES string of the molecule is NCC#Cc1ccc(F)c(CNC(=O)C2CCOC2)c1. The predicted octanol–water partition coefficient (Wildman–Crippen LogP) is 0.789. The molecule has 4 nitrogen and oxygen atoms in total. The van der Waals surface area contributed by atoms with E-state index in [0.717, 1.165) is 6.42 Å². The van der Waals surface area contributed by atoms with Crippen molar-refractivity contribution in [1.29, 1.82) is 0 Å². The molecule has 1 saturated heterocycles. The lowest BCUT2D eigenvalue weighted by Gasteiger charge is -2.10. The van der Waals surface area contributed by atoms with E-state index in [-0.39, 0.29) is 30.7 Å². The molecule has 1 aliphatic rings. The van der Waals surface area contributed by atoms with Crippen LogP contribution in [0.15, 0.2) is 18.2 Å². The molecule has 1 amide bonds. The maximum Gasteiger partial charge on any atom is 0.225 e. The van der Waals surface area contributed by atoms with Crippen LogP contribution in [-0.4, -0.2) is 25.7 Å². The molecule has 0 aromatic heterocycles. The summed E-state index contributed by atoms with van der Waals surface area (Å²) < 4.78 is 18.8. The number of halogens is 1. The summed E-state index contributed by atoms with van der Waals surface area (Å²) in [6, 6.07) is 4.57. The van der Waals surface area contributed by atoms with E-state index in [9.17, 15) is 9.18 Å². The summed E-state index contributed by atoms with van der Waals surface area (Å²) in [5.41, 5.74) is 6.40. The number of carbonyl (C=O) groups excluding carboxylic acids is 1. The molecule has 1 unspecified atom stereocenters. The lowest BCUT2D eigenvalue weighted by Crippen LogP contribution is -2.30. The smallest absolute Gasteiger partial charge is 0.225 e. The minimum Gasteiger partial charge on any atom is -0.381 e. The molecule has 0 spiro atoms. The molecule has 0 saturated carbocycles. The van der Waals surface area contributed by atoms with Gasteiger partial charge in [0.2, 0.25) is 5.91 Å². The minimum absolute atomic E-state index is 0.0969. The summed E-state index contributed by atoms with van der Waals surface area (Å²) in [4.78, 5) is 11.8. The molecule has 0 aliphatic carbocycles. The van der Waals surface area contributed by atoms with Crippen molar-refractivity contribution in [1.82, 2.24) is 5.32 Å². The maximum atomic E-state index is 13.7. The molecule has 0 bridgehead atoms. The third-order valence-electron chi connectivity index (χ3n) is 3.13. The highest BCUT2D eigenvalue weighted by Gasteiger charge is 2.23. The van der Waals surface area contributed by atoms with Gasteiger partial charge in [0.05, 0.1) is 19.1 Å². The zero-order valence-electron chi connectivity index (χ0n) is 11.1. The van der Waals surface area contributed by atoms with Gasteiger partial charge < -0.3 is 15.8 Å². The molecule has 1 atom stereocenters. The second kappa shape index (κ2) is 7.04. The summed E-state index contributed by atoms with van der Waals surface area (Å²) in [5.74, 6) is 4.97. The Morgan fingerprint density at radius 1 is 1.55 bits per heavy atom. The monoisotopic (exact) mass is 276 g/mol. The minimum atomic E-state index is -0.355. The number of carbonyl (C=O) groups is 1. The van der Waals surface area contributed by atoms with Gasteiger partial charge in [0.15, 0.2) is 0 Å². The summed E-state index contributed by atoms with van der Waals surface area (Å²) >= 11 is 0. The Kier molecular flexibility index (Phi) is 5.10. The highest BCUT2D eigenvalue weighted by Crippen LogP contribution is 2.14. The molecule has 1 aromatic carbocycles. The van der Waals surface area contributed by atoms with Gasteiger partial charge in [0.25, 0.3) is 0 Å². The quantitative estimate of drug-likeness (QED) is 0.802. The summed E-state index contributed by atoms with van der Waals surface area (Å²) in [6.45, 7) is 1.46.